The highest BCUT2D eigenvalue weighted by Crippen LogP contribution is 2.10. The standard InChI is InChI=1S/C10H18N4S2.HI/c1-8-9(16-7-14-8)6-13-10(11-2)12-4-5-15-3;/h7H,4-6H2,1-3H3,(H2,11,12,13);1H. The fourth-order valence-electron chi connectivity index (χ4n) is 1.15. The highest BCUT2D eigenvalue weighted by molar-refractivity contribution is 14.0. The van der Waals surface area contributed by atoms with Gasteiger partial charge in [0.2, 0.25) is 0 Å². The van der Waals surface area contributed by atoms with E-state index in [-0.39, 0.29) is 24.0 Å². The molecule has 98 valence electrons. The maximum atomic E-state index is 4.21. The number of rotatable bonds is 5. The van der Waals surface area contributed by atoms with E-state index in [4.69, 9.17) is 0 Å². The summed E-state index contributed by atoms with van der Waals surface area (Å²) in [5.41, 5.74) is 2.97. The minimum absolute atomic E-state index is 0. The Kier molecular flexibility index (Phi) is 9.94. The van der Waals surface area contributed by atoms with Crippen LogP contribution in [0.5, 0.6) is 0 Å². The van der Waals surface area contributed by atoms with Gasteiger partial charge in [-0.05, 0) is 13.2 Å². The number of thioether (sulfide) groups is 1. The molecule has 0 unspecified atom stereocenters. The Morgan fingerprint density at radius 2 is 2.29 bits per heavy atom. The molecule has 0 amide bonds. The van der Waals surface area contributed by atoms with E-state index in [9.17, 15) is 0 Å². The number of aromatic nitrogens is 1. The minimum atomic E-state index is 0. The van der Waals surface area contributed by atoms with Gasteiger partial charge in [0.15, 0.2) is 5.96 Å². The number of thiazole rings is 1. The highest BCUT2D eigenvalue weighted by atomic mass is 127. The van der Waals surface area contributed by atoms with Gasteiger partial charge in [-0.25, -0.2) is 4.98 Å². The van der Waals surface area contributed by atoms with Gasteiger partial charge < -0.3 is 10.6 Å². The summed E-state index contributed by atoms with van der Waals surface area (Å²) in [5.74, 6) is 1.93. The van der Waals surface area contributed by atoms with Gasteiger partial charge in [0.05, 0.1) is 17.7 Å². The van der Waals surface area contributed by atoms with E-state index in [1.165, 1.54) is 4.88 Å². The molecule has 0 aliphatic carbocycles. The SMILES string of the molecule is CN=C(NCCSC)NCc1scnc1C.I. The van der Waals surface area contributed by atoms with E-state index in [2.05, 4.69) is 26.9 Å². The van der Waals surface area contributed by atoms with Crippen molar-refractivity contribution in [2.45, 2.75) is 13.5 Å². The van der Waals surface area contributed by atoms with Gasteiger partial charge >= 0.3 is 0 Å². The topological polar surface area (TPSA) is 49.3 Å². The van der Waals surface area contributed by atoms with Crippen LogP contribution in [-0.2, 0) is 6.54 Å². The predicted octanol–water partition coefficient (Wildman–Crippen LogP) is 2.10. The average molecular weight is 386 g/mol. The maximum absolute atomic E-state index is 4.21. The van der Waals surface area contributed by atoms with Crippen LogP contribution in [0.4, 0.5) is 0 Å². The van der Waals surface area contributed by atoms with Crippen molar-refractivity contribution in [1.82, 2.24) is 15.6 Å². The Morgan fingerprint density at radius 1 is 1.53 bits per heavy atom. The molecule has 0 fully saturated rings. The lowest BCUT2D eigenvalue weighted by Gasteiger charge is -2.10. The van der Waals surface area contributed by atoms with Crippen molar-refractivity contribution < 1.29 is 0 Å². The summed E-state index contributed by atoms with van der Waals surface area (Å²) in [4.78, 5) is 9.63. The summed E-state index contributed by atoms with van der Waals surface area (Å²) in [6, 6.07) is 0. The number of guanidine groups is 1. The first-order valence-corrected chi connectivity index (χ1v) is 7.37. The largest absolute Gasteiger partial charge is 0.356 e. The Hall–Kier alpha value is -0.0200. The van der Waals surface area contributed by atoms with Crippen LogP contribution in [0.2, 0.25) is 0 Å². The third-order valence-corrected chi connectivity index (χ3v) is 3.63. The molecule has 0 aliphatic heterocycles. The van der Waals surface area contributed by atoms with Crippen LogP contribution in [0, 0.1) is 6.92 Å². The first kappa shape index (κ1) is 17.0. The molecule has 4 nitrogen and oxygen atoms in total. The normalized spacial score (nSPS) is 10.9. The molecule has 1 rings (SSSR count). The summed E-state index contributed by atoms with van der Waals surface area (Å²) in [5, 5.41) is 6.53. The van der Waals surface area contributed by atoms with Crippen molar-refractivity contribution in [3.63, 3.8) is 0 Å². The number of halogens is 1. The summed E-state index contributed by atoms with van der Waals surface area (Å²) >= 11 is 3.49. The van der Waals surface area contributed by atoms with E-state index in [1.807, 2.05) is 24.2 Å². The highest BCUT2D eigenvalue weighted by Gasteiger charge is 2.02. The second-order valence-electron chi connectivity index (χ2n) is 3.21. The van der Waals surface area contributed by atoms with Crippen LogP contribution in [0.1, 0.15) is 10.6 Å². The lowest BCUT2D eigenvalue weighted by atomic mass is 10.4. The fourth-order valence-corrected chi connectivity index (χ4v) is 2.18. The zero-order valence-electron chi connectivity index (χ0n) is 10.3. The van der Waals surface area contributed by atoms with Crippen molar-refractivity contribution in [2.24, 2.45) is 4.99 Å². The van der Waals surface area contributed by atoms with Crippen LogP contribution in [0.25, 0.3) is 0 Å². The predicted molar refractivity (Wildman–Crippen MR) is 88.8 cm³/mol. The summed E-state index contributed by atoms with van der Waals surface area (Å²) in [7, 11) is 1.79. The van der Waals surface area contributed by atoms with Gasteiger partial charge in [-0.3, -0.25) is 4.99 Å². The molecule has 0 bridgehead atoms. The van der Waals surface area contributed by atoms with Crippen molar-refractivity contribution in [3.8, 4) is 0 Å². The molecule has 1 aromatic heterocycles. The van der Waals surface area contributed by atoms with Crippen LogP contribution < -0.4 is 10.6 Å². The number of aliphatic imine (C=N–C) groups is 1. The van der Waals surface area contributed by atoms with Crippen molar-refractivity contribution in [3.05, 3.63) is 16.1 Å². The van der Waals surface area contributed by atoms with Crippen molar-refractivity contribution >= 4 is 53.0 Å². The Bertz CT molecular complexity index is 341. The summed E-state index contributed by atoms with van der Waals surface area (Å²) in [6.45, 7) is 3.75. The first-order chi connectivity index (χ1) is 7.77. The molecule has 0 atom stereocenters. The zero-order valence-corrected chi connectivity index (χ0v) is 14.3. The first-order valence-electron chi connectivity index (χ1n) is 5.10. The molecule has 0 saturated heterocycles. The van der Waals surface area contributed by atoms with E-state index >= 15 is 0 Å². The van der Waals surface area contributed by atoms with Gasteiger partial charge in [-0.1, -0.05) is 0 Å². The molecule has 0 radical (unpaired) electrons. The molecule has 1 heterocycles. The zero-order chi connectivity index (χ0) is 11.8. The van der Waals surface area contributed by atoms with E-state index < -0.39 is 0 Å². The minimum Gasteiger partial charge on any atom is -0.356 e. The number of hydrogen-bond donors (Lipinski definition) is 2. The maximum Gasteiger partial charge on any atom is 0.191 e. The summed E-state index contributed by atoms with van der Waals surface area (Å²) < 4.78 is 0. The van der Waals surface area contributed by atoms with E-state index in [0.29, 0.717) is 0 Å². The van der Waals surface area contributed by atoms with Gasteiger partial charge in [-0.2, -0.15) is 11.8 Å². The van der Waals surface area contributed by atoms with Crippen LogP contribution in [0.15, 0.2) is 10.5 Å². The average Bonchev–Trinajstić information content (AvgIpc) is 2.69. The molecular weight excluding hydrogens is 367 g/mol. The second kappa shape index (κ2) is 9.95. The third kappa shape index (κ3) is 6.46. The van der Waals surface area contributed by atoms with Gasteiger partial charge in [-0.15, -0.1) is 35.3 Å². The quantitative estimate of drug-likeness (QED) is 0.352. The molecule has 0 aromatic carbocycles. The second-order valence-corrected chi connectivity index (χ2v) is 5.13. The molecule has 0 aliphatic rings. The van der Waals surface area contributed by atoms with Crippen LogP contribution in [0.3, 0.4) is 0 Å². The van der Waals surface area contributed by atoms with Gasteiger partial charge in [0, 0.05) is 24.2 Å². The van der Waals surface area contributed by atoms with E-state index in [1.54, 1.807) is 18.4 Å². The van der Waals surface area contributed by atoms with Gasteiger partial charge in [0.1, 0.15) is 0 Å². The van der Waals surface area contributed by atoms with Crippen molar-refractivity contribution in [1.29, 1.82) is 0 Å². The lowest BCUT2D eigenvalue weighted by molar-refractivity contribution is 0.836. The third-order valence-electron chi connectivity index (χ3n) is 2.08. The van der Waals surface area contributed by atoms with Crippen LogP contribution in [-0.4, -0.2) is 36.5 Å². The molecule has 17 heavy (non-hydrogen) atoms. The molecule has 1 aromatic rings. The monoisotopic (exact) mass is 386 g/mol. The number of hydrogen-bond acceptors (Lipinski definition) is 4. The number of nitrogens with zero attached hydrogens (tertiary/aromatic N) is 2. The molecule has 2 N–H and O–H groups in total. The number of aryl methyl sites for hydroxylation is 1. The Balaban J connectivity index is 0.00000256. The Morgan fingerprint density at radius 3 is 2.82 bits per heavy atom. The molecule has 0 saturated carbocycles. The fraction of sp³-hybridized carbons (Fsp3) is 0.600. The smallest absolute Gasteiger partial charge is 0.191 e. The molecule has 0 spiro atoms. The summed E-state index contributed by atoms with van der Waals surface area (Å²) in [6.07, 6.45) is 2.10. The number of nitrogens with one attached hydrogen (secondary N) is 2. The van der Waals surface area contributed by atoms with E-state index in [0.717, 1.165) is 30.5 Å². The van der Waals surface area contributed by atoms with Crippen molar-refractivity contribution in [2.75, 3.05) is 25.6 Å². The lowest BCUT2D eigenvalue weighted by Crippen LogP contribution is -2.37. The Labute approximate surface area is 128 Å². The molecular formula is C10H19IN4S2. The van der Waals surface area contributed by atoms with Gasteiger partial charge in [0.25, 0.3) is 0 Å². The molecule has 7 heteroatoms. The van der Waals surface area contributed by atoms with Crippen LogP contribution >= 0.6 is 47.1 Å².